The molecule has 8 heteroatoms. The van der Waals surface area contributed by atoms with Crippen molar-refractivity contribution < 1.29 is 4.79 Å². The highest BCUT2D eigenvalue weighted by atomic mass is 32.1. The molecule has 0 radical (unpaired) electrons. The van der Waals surface area contributed by atoms with Crippen molar-refractivity contribution in [2.45, 2.75) is 25.6 Å². The van der Waals surface area contributed by atoms with Crippen molar-refractivity contribution in [1.82, 2.24) is 29.8 Å². The van der Waals surface area contributed by atoms with Crippen LogP contribution in [0.2, 0.25) is 0 Å². The van der Waals surface area contributed by atoms with E-state index in [0.717, 1.165) is 26.1 Å². The second-order valence-corrected chi connectivity index (χ2v) is 7.59. The highest BCUT2D eigenvalue weighted by Crippen LogP contribution is 2.25. The van der Waals surface area contributed by atoms with Gasteiger partial charge in [-0.2, -0.15) is 10.2 Å². The molecular weight excluding hydrogens is 348 g/mol. The van der Waals surface area contributed by atoms with Gasteiger partial charge >= 0.3 is 0 Å². The lowest BCUT2D eigenvalue weighted by atomic mass is 10.1. The smallest absolute Gasteiger partial charge is 0.269 e. The van der Waals surface area contributed by atoms with Crippen LogP contribution in [0.15, 0.2) is 42.0 Å². The van der Waals surface area contributed by atoms with Gasteiger partial charge in [-0.3, -0.25) is 19.1 Å². The molecule has 0 unspecified atom stereocenters. The summed E-state index contributed by atoms with van der Waals surface area (Å²) in [5.74, 6) is -0.0862. The lowest BCUT2D eigenvalue weighted by molar-refractivity contribution is 0.0937. The Labute approximate surface area is 156 Å². The summed E-state index contributed by atoms with van der Waals surface area (Å²) < 4.78 is 3.70. The van der Waals surface area contributed by atoms with E-state index in [1.807, 2.05) is 6.20 Å². The van der Waals surface area contributed by atoms with Crippen LogP contribution >= 0.6 is 11.3 Å². The fourth-order valence-electron chi connectivity index (χ4n) is 3.46. The van der Waals surface area contributed by atoms with Crippen LogP contribution in [0, 0.1) is 0 Å². The molecule has 0 saturated carbocycles. The number of rotatable bonds is 6. The highest BCUT2D eigenvalue weighted by Gasteiger charge is 2.25. The van der Waals surface area contributed by atoms with Gasteiger partial charge in [0.2, 0.25) is 0 Å². The third kappa shape index (κ3) is 3.56. The maximum Gasteiger partial charge on any atom is 0.269 e. The zero-order chi connectivity index (χ0) is 17.9. The van der Waals surface area contributed by atoms with E-state index < -0.39 is 0 Å². The zero-order valence-electron chi connectivity index (χ0n) is 14.7. The lowest BCUT2D eigenvalue weighted by Crippen LogP contribution is -2.39. The van der Waals surface area contributed by atoms with Crippen LogP contribution in [0.25, 0.3) is 0 Å². The Bertz CT molecular complexity index is 868. The molecule has 3 aromatic rings. The van der Waals surface area contributed by atoms with E-state index in [0.29, 0.717) is 12.2 Å². The van der Waals surface area contributed by atoms with Gasteiger partial charge in [0.15, 0.2) is 0 Å². The molecule has 1 aliphatic heterocycles. The summed E-state index contributed by atoms with van der Waals surface area (Å²) in [5.41, 5.74) is 1.81. The van der Waals surface area contributed by atoms with E-state index in [2.05, 4.69) is 48.7 Å². The average molecular weight is 370 g/mol. The molecule has 0 saturated heterocycles. The fourth-order valence-corrected chi connectivity index (χ4v) is 4.21. The summed E-state index contributed by atoms with van der Waals surface area (Å²) in [7, 11) is 1.77. The van der Waals surface area contributed by atoms with Crippen molar-refractivity contribution in [1.29, 1.82) is 0 Å². The van der Waals surface area contributed by atoms with E-state index in [1.54, 1.807) is 35.3 Å². The van der Waals surface area contributed by atoms with Crippen LogP contribution < -0.4 is 5.32 Å². The standard InChI is InChI=1S/C18H22N6OS/c1-22-17(6-9-20-22)18(25)19-7-4-14-11-23(13-16-3-2-10-26-16)12-15-5-8-21-24(14)15/h2-3,5-6,8-10,14H,4,7,11-13H2,1H3,(H,19,25)/t14-/m0/s1. The number of nitrogens with one attached hydrogen (secondary N) is 1. The average Bonchev–Trinajstić information content (AvgIpc) is 3.36. The molecule has 0 bridgehead atoms. The maximum absolute atomic E-state index is 12.2. The van der Waals surface area contributed by atoms with Gasteiger partial charge in [-0.05, 0) is 30.0 Å². The Hall–Kier alpha value is -2.45. The SMILES string of the molecule is Cn1nccc1C(=O)NCC[C@H]1CN(Cc2cccs2)Cc2ccnn21. The predicted octanol–water partition coefficient (Wildman–Crippen LogP) is 2.06. The summed E-state index contributed by atoms with van der Waals surface area (Å²) in [5, 5.41) is 13.7. The van der Waals surface area contributed by atoms with Crippen LogP contribution in [0.1, 0.15) is 33.5 Å². The lowest BCUT2D eigenvalue weighted by Gasteiger charge is -2.33. The van der Waals surface area contributed by atoms with Gasteiger partial charge in [0.25, 0.3) is 5.91 Å². The molecule has 4 rings (SSSR count). The normalized spacial score (nSPS) is 17.2. The Morgan fingerprint density at radius 3 is 2.96 bits per heavy atom. The number of thiophene rings is 1. The van der Waals surface area contributed by atoms with Crippen molar-refractivity contribution in [3.63, 3.8) is 0 Å². The predicted molar refractivity (Wildman–Crippen MR) is 99.9 cm³/mol. The molecule has 7 nitrogen and oxygen atoms in total. The Morgan fingerprint density at radius 2 is 2.19 bits per heavy atom. The number of fused-ring (bicyclic) bond motifs is 1. The molecule has 0 fully saturated rings. The summed E-state index contributed by atoms with van der Waals surface area (Å²) in [6.45, 7) is 3.42. The van der Waals surface area contributed by atoms with E-state index in [-0.39, 0.29) is 11.9 Å². The molecule has 1 atom stereocenters. The molecule has 1 N–H and O–H groups in total. The molecule has 4 heterocycles. The van der Waals surface area contributed by atoms with Gasteiger partial charge in [0.1, 0.15) is 5.69 Å². The molecule has 0 aliphatic carbocycles. The Balaban J connectivity index is 1.37. The number of aryl methyl sites for hydroxylation is 1. The van der Waals surface area contributed by atoms with Gasteiger partial charge in [-0.25, -0.2) is 0 Å². The van der Waals surface area contributed by atoms with E-state index in [4.69, 9.17) is 0 Å². The van der Waals surface area contributed by atoms with E-state index in [1.165, 1.54) is 10.6 Å². The molecule has 0 spiro atoms. The summed E-state index contributed by atoms with van der Waals surface area (Å²) in [4.78, 5) is 16.1. The third-order valence-corrected chi connectivity index (χ3v) is 5.59. The number of nitrogens with zero attached hydrogens (tertiary/aromatic N) is 5. The highest BCUT2D eigenvalue weighted by molar-refractivity contribution is 7.09. The third-order valence-electron chi connectivity index (χ3n) is 4.73. The number of hydrogen-bond acceptors (Lipinski definition) is 5. The number of hydrogen-bond donors (Lipinski definition) is 1. The largest absolute Gasteiger partial charge is 0.351 e. The zero-order valence-corrected chi connectivity index (χ0v) is 15.5. The minimum atomic E-state index is -0.0862. The Morgan fingerprint density at radius 1 is 1.31 bits per heavy atom. The van der Waals surface area contributed by atoms with Crippen molar-refractivity contribution in [2.75, 3.05) is 13.1 Å². The number of carbonyl (C=O) groups excluding carboxylic acids is 1. The van der Waals surface area contributed by atoms with Gasteiger partial charge in [0, 0.05) is 50.5 Å². The Kier molecular flexibility index (Phi) is 4.85. The van der Waals surface area contributed by atoms with Gasteiger partial charge in [0.05, 0.1) is 11.7 Å². The molecule has 1 amide bonds. The molecular formula is C18H22N6OS. The van der Waals surface area contributed by atoms with E-state index in [9.17, 15) is 4.79 Å². The molecule has 1 aliphatic rings. The number of amides is 1. The van der Waals surface area contributed by atoms with Crippen LogP contribution in [0.5, 0.6) is 0 Å². The quantitative estimate of drug-likeness (QED) is 0.721. The molecule has 136 valence electrons. The van der Waals surface area contributed by atoms with Crippen LogP contribution in [0.4, 0.5) is 0 Å². The van der Waals surface area contributed by atoms with Crippen molar-refractivity contribution in [3.05, 3.63) is 58.3 Å². The second-order valence-electron chi connectivity index (χ2n) is 6.55. The van der Waals surface area contributed by atoms with E-state index >= 15 is 0 Å². The van der Waals surface area contributed by atoms with Crippen LogP contribution in [0.3, 0.4) is 0 Å². The van der Waals surface area contributed by atoms with Gasteiger partial charge in [-0.15, -0.1) is 11.3 Å². The minimum absolute atomic E-state index is 0.0862. The fraction of sp³-hybridized carbons (Fsp3) is 0.389. The second kappa shape index (κ2) is 7.43. The van der Waals surface area contributed by atoms with Crippen molar-refractivity contribution in [2.24, 2.45) is 7.05 Å². The molecule has 0 aromatic carbocycles. The topological polar surface area (TPSA) is 68.0 Å². The minimum Gasteiger partial charge on any atom is -0.351 e. The first-order valence-electron chi connectivity index (χ1n) is 8.74. The van der Waals surface area contributed by atoms with Gasteiger partial charge < -0.3 is 5.32 Å². The number of carbonyl (C=O) groups is 1. The van der Waals surface area contributed by atoms with Crippen molar-refractivity contribution in [3.8, 4) is 0 Å². The van der Waals surface area contributed by atoms with Crippen molar-refractivity contribution >= 4 is 17.2 Å². The first kappa shape index (κ1) is 17.0. The van der Waals surface area contributed by atoms with Gasteiger partial charge in [-0.1, -0.05) is 6.07 Å². The summed E-state index contributed by atoms with van der Waals surface area (Å²) in [6.07, 6.45) is 4.35. The summed E-state index contributed by atoms with van der Waals surface area (Å²) >= 11 is 1.79. The maximum atomic E-state index is 12.2. The first-order chi connectivity index (χ1) is 12.7. The first-order valence-corrected chi connectivity index (χ1v) is 9.62. The van der Waals surface area contributed by atoms with Crippen LogP contribution in [-0.2, 0) is 20.1 Å². The monoisotopic (exact) mass is 370 g/mol. The molecule has 26 heavy (non-hydrogen) atoms. The van der Waals surface area contributed by atoms with Crippen LogP contribution in [-0.4, -0.2) is 43.5 Å². The molecule has 3 aromatic heterocycles. The summed E-state index contributed by atoms with van der Waals surface area (Å²) in [6, 6.07) is 8.35. The number of aromatic nitrogens is 4.